The van der Waals surface area contributed by atoms with Gasteiger partial charge >= 0.3 is 0 Å². The van der Waals surface area contributed by atoms with Crippen molar-refractivity contribution in [3.63, 3.8) is 0 Å². The third kappa shape index (κ3) is 2.30. The topological polar surface area (TPSA) is 48.7 Å². The van der Waals surface area contributed by atoms with E-state index in [-0.39, 0.29) is 12.6 Å². The molecule has 0 bridgehead atoms. The Morgan fingerprint density at radius 3 is 2.76 bits per heavy atom. The van der Waals surface area contributed by atoms with E-state index in [4.69, 9.17) is 9.47 Å². The molecule has 0 amide bonds. The van der Waals surface area contributed by atoms with Gasteiger partial charge < -0.3 is 9.47 Å². The van der Waals surface area contributed by atoms with Crippen LogP contribution in [0.2, 0.25) is 0 Å². The third-order valence-electron chi connectivity index (χ3n) is 4.15. The Morgan fingerprint density at radius 2 is 1.84 bits per heavy atom. The standard InChI is InChI=1S/C19H12FN3O2/c20-14-3-1-2-12(8-14)15-5-7-19-21-10-16(23(19)22-15)13-4-6-17-18(9-13)25-11-24-17/h1-10H,11H2. The van der Waals surface area contributed by atoms with E-state index < -0.39 is 0 Å². The van der Waals surface area contributed by atoms with Crippen molar-refractivity contribution in [3.8, 4) is 34.0 Å². The van der Waals surface area contributed by atoms with Crippen molar-refractivity contribution < 1.29 is 13.9 Å². The number of halogens is 1. The highest BCUT2D eigenvalue weighted by Gasteiger charge is 2.16. The summed E-state index contributed by atoms with van der Waals surface area (Å²) in [7, 11) is 0. The molecule has 122 valence electrons. The molecule has 6 heteroatoms. The number of nitrogens with zero attached hydrogens (tertiary/aromatic N) is 3. The minimum Gasteiger partial charge on any atom is -0.454 e. The lowest BCUT2D eigenvalue weighted by atomic mass is 10.1. The maximum absolute atomic E-state index is 13.5. The highest BCUT2D eigenvalue weighted by Crippen LogP contribution is 2.36. The fourth-order valence-corrected chi connectivity index (χ4v) is 2.93. The molecule has 5 nitrogen and oxygen atoms in total. The van der Waals surface area contributed by atoms with Crippen molar-refractivity contribution in [1.82, 2.24) is 14.6 Å². The number of hydrogen-bond acceptors (Lipinski definition) is 4. The van der Waals surface area contributed by atoms with Crippen LogP contribution in [0.5, 0.6) is 11.5 Å². The first kappa shape index (κ1) is 14.0. The zero-order chi connectivity index (χ0) is 16.8. The monoisotopic (exact) mass is 333 g/mol. The normalized spacial score (nSPS) is 12.7. The van der Waals surface area contributed by atoms with Crippen molar-refractivity contribution in [3.05, 3.63) is 66.6 Å². The van der Waals surface area contributed by atoms with Crippen LogP contribution in [-0.2, 0) is 0 Å². The number of imidazole rings is 1. The van der Waals surface area contributed by atoms with Gasteiger partial charge in [-0.15, -0.1) is 0 Å². The molecule has 0 spiro atoms. The van der Waals surface area contributed by atoms with Crippen LogP contribution < -0.4 is 9.47 Å². The van der Waals surface area contributed by atoms with Crippen LogP contribution >= 0.6 is 0 Å². The molecule has 0 radical (unpaired) electrons. The molecule has 0 fully saturated rings. The van der Waals surface area contributed by atoms with Crippen molar-refractivity contribution in [2.24, 2.45) is 0 Å². The van der Waals surface area contributed by atoms with E-state index in [1.807, 2.05) is 36.4 Å². The van der Waals surface area contributed by atoms with Gasteiger partial charge in [-0.2, -0.15) is 5.10 Å². The van der Waals surface area contributed by atoms with Gasteiger partial charge in [0.15, 0.2) is 17.1 Å². The summed E-state index contributed by atoms with van der Waals surface area (Å²) in [6.45, 7) is 0.230. The fourth-order valence-electron chi connectivity index (χ4n) is 2.93. The number of benzene rings is 2. The zero-order valence-corrected chi connectivity index (χ0v) is 13.0. The molecule has 0 atom stereocenters. The molecule has 0 aliphatic carbocycles. The highest BCUT2D eigenvalue weighted by molar-refractivity contribution is 5.68. The average molecular weight is 333 g/mol. The Balaban J connectivity index is 1.66. The second-order valence-corrected chi connectivity index (χ2v) is 5.71. The summed E-state index contributed by atoms with van der Waals surface area (Å²) in [5.41, 5.74) is 3.85. The molecule has 1 aliphatic rings. The van der Waals surface area contributed by atoms with Crippen LogP contribution in [0, 0.1) is 5.82 Å². The minimum absolute atomic E-state index is 0.230. The summed E-state index contributed by atoms with van der Waals surface area (Å²) < 4.78 is 26.0. The second kappa shape index (κ2) is 5.31. The Morgan fingerprint density at radius 1 is 0.920 bits per heavy atom. The van der Waals surface area contributed by atoms with Gasteiger partial charge in [-0.25, -0.2) is 13.9 Å². The van der Waals surface area contributed by atoms with E-state index in [0.29, 0.717) is 22.7 Å². The summed E-state index contributed by atoms with van der Waals surface area (Å²) >= 11 is 0. The van der Waals surface area contributed by atoms with Gasteiger partial charge in [0.1, 0.15) is 5.82 Å². The molecule has 3 heterocycles. The Bertz CT molecular complexity index is 1110. The summed E-state index contributed by atoms with van der Waals surface area (Å²) in [5, 5.41) is 4.63. The summed E-state index contributed by atoms with van der Waals surface area (Å²) in [5.74, 6) is 1.14. The average Bonchev–Trinajstić information content (AvgIpc) is 3.27. The number of ether oxygens (including phenoxy) is 2. The molecule has 0 saturated carbocycles. The first-order valence-electron chi connectivity index (χ1n) is 7.79. The molecular formula is C19H12FN3O2. The summed E-state index contributed by atoms with van der Waals surface area (Å²) in [4.78, 5) is 4.40. The van der Waals surface area contributed by atoms with Crippen LogP contribution in [0.4, 0.5) is 4.39 Å². The van der Waals surface area contributed by atoms with Crippen molar-refractivity contribution >= 4 is 5.65 Å². The van der Waals surface area contributed by atoms with Crippen molar-refractivity contribution in [1.29, 1.82) is 0 Å². The Kier molecular flexibility index (Phi) is 2.97. The molecule has 0 unspecified atom stereocenters. The molecule has 5 rings (SSSR count). The maximum Gasteiger partial charge on any atom is 0.231 e. The fraction of sp³-hybridized carbons (Fsp3) is 0.0526. The number of rotatable bonds is 2. The molecule has 4 aromatic rings. The Labute approximate surface area is 142 Å². The van der Waals surface area contributed by atoms with E-state index in [1.54, 1.807) is 16.8 Å². The van der Waals surface area contributed by atoms with Crippen LogP contribution in [0.15, 0.2) is 60.8 Å². The SMILES string of the molecule is Fc1cccc(-c2ccc3ncc(-c4ccc5c(c4)OCO5)n3n2)c1. The number of fused-ring (bicyclic) bond motifs is 2. The molecule has 2 aromatic heterocycles. The number of aromatic nitrogens is 3. The van der Waals surface area contributed by atoms with E-state index in [0.717, 1.165) is 17.0 Å². The lowest BCUT2D eigenvalue weighted by Crippen LogP contribution is -1.97. The zero-order valence-electron chi connectivity index (χ0n) is 13.0. The largest absolute Gasteiger partial charge is 0.454 e. The van der Waals surface area contributed by atoms with E-state index in [1.165, 1.54) is 12.1 Å². The van der Waals surface area contributed by atoms with Gasteiger partial charge in [0.25, 0.3) is 0 Å². The predicted molar refractivity (Wildman–Crippen MR) is 89.9 cm³/mol. The van der Waals surface area contributed by atoms with Crippen molar-refractivity contribution in [2.75, 3.05) is 6.79 Å². The van der Waals surface area contributed by atoms with Crippen LogP contribution in [0.1, 0.15) is 0 Å². The van der Waals surface area contributed by atoms with Crippen molar-refractivity contribution in [2.45, 2.75) is 0 Å². The molecule has 0 N–H and O–H groups in total. The summed E-state index contributed by atoms with van der Waals surface area (Å²) in [6.07, 6.45) is 1.76. The molecular weight excluding hydrogens is 321 g/mol. The van der Waals surface area contributed by atoms with Gasteiger partial charge in [-0.05, 0) is 42.5 Å². The Hall–Kier alpha value is -3.41. The smallest absolute Gasteiger partial charge is 0.231 e. The third-order valence-corrected chi connectivity index (χ3v) is 4.15. The van der Waals surface area contributed by atoms with Gasteiger partial charge in [0, 0.05) is 11.1 Å². The second-order valence-electron chi connectivity index (χ2n) is 5.71. The quantitative estimate of drug-likeness (QED) is 0.558. The van der Waals surface area contributed by atoms with Crippen LogP contribution in [0.3, 0.4) is 0 Å². The summed E-state index contributed by atoms with van der Waals surface area (Å²) in [6, 6.07) is 15.8. The van der Waals surface area contributed by atoms with Gasteiger partial charge in [0.2, 0.25) is 6.79 Å². The van der Waals surface area contributed by atoms with Gasteiger partial charge in [-0.3, -0.25) is 0 Å². The van der Waals surface area contributed by atoms with Crippen LogP contribution in [-0.4, -0.2) is 21.4 Å². The maximum atomic E-state index is 13.5. The van der Waals surface area contributed by atoms with E-state index in [2.05, 4.69) is 10.1 Å². The van der Waals surface area contributed by atoms with E-state index in [9.17, 15) is 4.39 Å². The predicted octanol–water partition coefficient (Wildman–Crippen LogP) is 3.93. The molecule has 2 aromatic carbocycles. The lowest BCUT2D eigenvalue weighted by Gasteiger charge is -2.05. The van der Waals surface area contributed by atoms with Crippen LogP contribution in [0.25, 0.3) is 28.2 Å². The molecule has 25 heavy (non-hydrogen) atoms. The highest BCUT2D eigenvalue weighted by atomic mass is 19.1. The lowest BCUT2D eigenvalue weighted by molar-refractivity contribution is 0.174. The van der Waals surface area contributed by atoms with Gasteiger partial charge in [0.05, 0.1) is 17.6 Å². The first-order chi connectivity index (χ1) is 12.3. The minimum atomic E-state index is -0.291. The van der Waals surface area contributed by atoms with E-state index >= 15 is 0 Å². The first-order valence-corrected chi connectivity index (χ1v) is 7.79. The molecule has 1 aliphatic heterocycles. The van der Waals surface area contributed by atoms with Gasteiger partial charge in [-0.1, -0.05) is 12.1 Å². The number of hydrogen-bond donors (Lipinski definition) is 0. The molecule has 0 saturated heterocycles.